The molecule has 0 atom stereocenters. The first-order valence-electron chi connectivity index (χ1n) is 8.23. The van der Waals surface area contributed by atoms with Gasteiger partial charge >= 0.3 is 0 Å². The lowest BCUT2D eigenvalue weighted by Gasteiger charge is -2.09. The highest BCUT2D eigenvalue weighted by atomic mass is 16.5. The molecule has 2 heterocycles. The smallest absolute Gasteiger partial charge is 0.227 e. The molecule has 1 aromatic carbocycles. The molecule has 0 aliphatic rings. The van der Waals surface area contributed by atoms with Crippen LogP contribution in [0.1, 0.15) is 29.9 Å². The highest BCUT2D eigenvalue weighted by Gasteiger charge is 2.11. The van der Waals surface area contributed by atoms with Gasteiger partial charge in [-0.1, -0.05) is 23.4 Å². The Morgan fingerprint density at radius 2 is 2.04 bits per heavy atom. The zero-order valence-electron chi connectivity index (χ0n) is 14.3. The minimum Gasteiger partial charge on any atom is -0.339 e. The number of pyridine rings is 1. The first kappa shape index (κ1) is 16.8. The Labute approximate surface area is 146 Å². The van der Waals surface area contributed by atoms with Crippen molar-refractivity contribution < 1.29 is 9.32 Å². The van der Waals surface area contributed by atoms with Gasteiger partial charge in [0.1, 0.15) is 5.69 Å². The molecule has 0 aliphatic heterocycles. The molecule has 3 rings (SSSR count). The number of hydrogen-bond donors (Lipinski definition) is 1. The van der Waals surface area contributed by atoms with Crippen molar-refractivity contribution in [3.8, 4) is 11.5 Å². The fourth-order valence-corrected chi connectivity index (χ4v) is 2.45. The number of aromatic nitrogens is 3. The number of anilines is 1. The summed E-state index contributed by atoms with van der Waals surface area (Å²) < 4.78 is 5.22. The van der Waals surface area contributed by atoms with E-state index in [4.69, 9.17) is 4.52 Å². The second kappa shape index (κ2) is 7.70. The van der Waals surface area contributed by atoms with Gasteiger partial charge in [-0.15, -0.1) is 0 Å². The van der Waals surface area contributed by atoms with Gasteiger partial charge < -0.3 is 9.84 Å². The van der Waals surface area contributed by atoms with Gasteiger partial charge in [0.15, 0.2) is 0 Å². The summed E-state index contributed by atoms with van der Waals surface area (Å²) in [7, 11) is 0. The maximum atomic E-state index is 12.1. The third kappa shape index (κ3) is 4.29. The lowest BCUT2D eigenvalue weighted by atomic mass is 10.1. The van der Waals surface area contributed by atoms with Crippen molar-refractivity contribution in [1.29, 1.82) is 0 Å². The Hall–Kier alpha value is -3.02. The van der Waals surface area contributed by atoms with Crippen LogP contribution in [0.2, 0.25) is 0 Å². The summed E-state index contributed by atoms with van der Waals surface area (Å²) in [6, 6.07) is 11.4. The lowest BCUT2D eigenvalue weighted by Crippen LogP contribution is -2.12. The van der Waals surface area contributed by atoms with E-state index in [9.17, 15) is 4.79 Å². The quantitative estimate of drug-likeness (QED) is 0.742. The number of hydrogen-bond acceptors (Lipinski definition) is 5. The van der Waals surface area contributed by atoms with E-state index < -0.39 is 0 Å². The van der Waals surface area contributed by atoms with Crippen LogP contribution in [0.4, 0.5) is 5.69 Å². The molecule has 1 N–H and O–H groups in total. The predicted molar refractivity (Wildman–Crippen MR) is 95.0 cm³/mol. The van der Waals surface area contributed by atoms with Gasteiger partial charge in [0.2, 0.25) is 17.6 Å². The Morgan fingerprint density at radius 3 is 2.84 bits per heavy atom. The summed E-state index contributed by atoms with van der Waals surface area (Å²) in [5, 5.41) is 6.88. The van der Waals surface area contributed by atoms with Crippen molar-refractivity contribution >= 4 is 11.6 Å². The van der Waals surface area contributed by atoms with Crippen molar-refractivity contribution in [3.05, 3.63) is 59.6 Å². The van der Waals surface area contributed by atoms with Gasteiger partial charge in [0, 0.05) is 24.7 Å². The SMILES string of the molecule is Cc1cccc(NC(=O)CCCc2nc(-c3ccccn3)no2)c1C. The normalized spacial score (nSPS) is 10.6. The second-order valence-corrected chi connectivity index (χ2v) is 5.88. The maximum Gasteiger partial charge on any atom is 0.227 e. The highest BCUT2D eigenvalue weighted by Crippen LogP contribution is 2.18. The molecule has 128 valence electrons. The van der Waals surface area contributed by atoms with Gasteiger partial charge in [0.05, 0.1) is 0 Å². The summed E-state index contributed by atoms with van der Waals surface area (Å²) in [6.07, 6.45) is 3.28. The Kier molecular flexibility index (Phi) is 5.18. The molecule has 0 unspecified atom stereocenters. The minimum absolute atomic E-state index is 0.0156. The third-order valence-corrected chi connectivity index (χ3v) is 4.04. The molecular weight excluding hydrogens is 316 g/mol. The molecular formula is C19H20N4O2. The van der Waals surface area contributed by atoms with E-state index in [0.29, 0.717) is 36.7 Å². The van der Waals surface area contributed by atoms with Crippen LogP contribution in [0.5, 0.6) is 0 Å². The highest BCUT2D eigenvalue weighted by molar-refractivity contribution is 5.91. The number of nitrogens with zero attached hydrogens (tertiary/aromatic N) is 3. The molecule has 0 saturated heterocycles. The van der Waals surface area contributed by atoms with Crippen molar-refractivity contribution in [3.63, 3.8) is 0 Å². The van der Waals surface area contributed by atoms with E-state index in [0.717, 1.165) is 16.8 Å². The van der Waals surface area contributed by atoms with Crippen LogP contribution >= 0.6 is 0 Å². The van der Waals surface area contributed by atoms with E-state index in [1.165, 1.54) is 0 Å². The van der Waals surface area contributed by atoms with Crippen LogP contribution in [0.15, 0.2) is 47.1 Å². The first-order valence-corrected chi connectivity index (χ1v) is 8.23. The summed E-state index contributed by atoms with van der Waals surface area (Å²) in [5.41, 5.74) is 3.78. The van der Waals surface area contributed by atoms with Crippen molar-refractivity contribution in [2.24, 2.45) is 0 Å². The van der Waals surface area contributed by atoms with Crippen LogP contribution in [0, 0.1) is 13.8 Å². The summed E-state index contributed by atoms with van der Waals surface area (Å²) >= 11 is 0. The number of carbonyl (C=O) groups is 1. The van der Waals surface area contributed by atoms with Crippen molar-refractivity contribution in [1.82, 2.24) is 15.1 Å². The number of aryl methyl sites for hydroxylation is 2. The van der Waals surface area contributed by atoms with Gasteiger partial charge in [-0.25, -0.2) is 0 Å². The largest absolute Gasteiger partial charge is 0.339 e. The topological polar surface area (TPSA) is 80.9 Å². The zero-order chi connectivity index (χ0) is 17.6. The van der Waals surface area contributed by atoms with E-state index in [-0.39, 0.29) is 5.91 Å². The molecule has 25 heavy (non-hydrogen) atoms. The van der Waals surface area contributed by atoms with Crippen LogP contribution in [0.25, 0.3) is 11.5 Å². The lowest BCUT2D eigenvalue weighted by molar-refractivity contribution is -0.116. The third-order valence-electron chi connectivity index (χ3n) is 4.04. The summed E-state index contributed by atoms with van der Waals surface area (Å²) in [6.45, 7) is 4.03. The van der Waals surface area contributed by atoms with E-state index >= 15 is 0 Å². The van der Waals surface area contributed by atoms with Gasteiger partial charge in [-0.05, 0) is 49.6 Å². The molecule has 1 amide bonds. The number of amides is 1. The Balaban J connectivity index is 1.50. The second-order valence-electron chi connectivity index (χ2n) is 5.88. The minimum atomic E-state index is -0.0156. The van der Waals surface area contributed by atoms with E-state index in [1.807, 2.05) is 50.2 Å². The zero-order valence-corrected chi connectivity index (χ0v) is 14.3. The van der Waals surface area contributed by atoms with Crippen LogP contribution in [0.3, 0.4) is 0 Å². The summed E-state index contributed by atoms with van der Waals surface area (Å²) in [4.78, 5) is 20.6. The maximum absolute atomic E-state index is 12.1. The van der Waals surface area contributed by atoms with Gasteiger partial charge in [0.25, 0.3) is 0 Å². The van der Waals surface area contributed by atoms with Crippen molar-refractivity contribution in [2.75, 3.05) is 5.32 Å². The fourth-order valence-electron chi connectivity index (χ4n) is 2.45. The molecule has 0 fully saturated rings. The Bertz CT molecular complexity index is 859. The molecule has 0 aliphatic carbocycles. The number of rotatable bonds is 6. The summed E-state index contributed by atoms with van der Waals surface area (Å²) in [5.74, 6) is 0.966. The molecule has 6 nitrogen and oxygen atoms in total. The van der Waals surface area contributed by atoms with Crippen LogP contribution < -0.4 is 5.32 Å². The van der Waals surface area contributed by atoms with E-state index in [2.05, 4.69) is 20.4 Å². The average Bonchev–Trinajstić information content (AvgIpc) is 3.09. The molecule has 0 spiro atoms. The van der Waals surface area contributed by atoms with Gasteiger partial charge in [-0.2, -0.15) is 4.98 Å². The molecule has 0 saturated carbocycles. The number of carbonyl (C=O) groups excluding carboxylic acids is 1. The number of benzene rings is 1. The molecule has 0 radical (unpaired) electrons. The predicted octanol–water partition coefficient (Wildman–Crippen LogP) is 3.71. The first-order chi connectivity index (χ1) is 12.1. The monoisotopic (exact) mass is 336 g/mol. The molecule has 0 bridgehead atoms. The van der Waals surface area contributed by atoms with Crippen LogP contribution in [-0.2, 0) is 11.2 Å². The molecule has 3 aromatic rings. The average molecular weight is 336 g/mol. The van der Waals surface area contributed by atoms with Crippen LogP contribution in [-0.4, -0.2) is 21.0 Å². The molecule has 6 heteroatoms. The number of nitrogens with one attached hydrogen (secondary N) is 1. The standard InChI is InChI=1S/C19H20N4O2/c1-13-7-5-9-15(14(13)2)21-17(24)10-6-11-18-22-19(23-25-18)16-8-3-4-12-20-16/h3-5,7-9,12H,6,10-11H2,1-2H3,(H,21,24). The van der Waals surface area contributed by atoms with E-state index in [1.54, 1.807) is 6.20 Å². The van der Waals surface area contributed by atoms with Gasteiger partial charge in [-0.3, -0.25) is 9.78 Å². The molecule has 2 aromatic heterocycles. The van der Waals surface area contributed by atoms with Crippen molar-refractivity contribution in [2.45, 2.75) is 33.1 Å². The fraction of sp³-hybridized carbons (Fsp3) is 0.263. The Morgan fingerprint density at radius 1 is 1.16 bits per heavy atom.